The summed E-state index contributed by atoms with van der Waals surface area (Å²) in [5.41, 5.74) is 6.87. The predicted octanol–water partition coefficient (Wildman–Crippen LogP) is 1.86. The van der Waals surface area contributed by atoms with E-state index in [-0.39, 0.29) is 17.6 Å². The van der Waals surface area contributed by atoms with Crippen LogP contribution >= 0.6 is 0 Å². The molecule has 0 aromatic heterocycles. The maximum Gasteiger partial charge on any atom is 0.165 e. The summed E-state index contributed by atoms with van der Waals surface area (Å²) in [5, 5.41) is 0. The van der Waals surface area contributed by atoms with Crippen LogP contribution in [0.25, 0.3) is 0 Å². The predicted molar refractivity (Wildman–Crippen MR) is 83.1 cm³/mol. The van der Waals surface area contributed by atoms with E-state index in [0.29, 0.717) is 6.54 Å². The monoisotopic (exact) mass is 295 g/mol. The van der Waals surface area contributed by atoms with Crippen molar-refractivity contribution in [1.29, 1.82) is 0 Å². The third kappa shape index (κ3) is 3.93. The number of hydrogen-bond donors (Lipinski definition) is 1. The second-order valence-electron chi connectivity index (χ2n) is 5.52. The minimum absolute atomic E-state index is 0.0779. The summed E-state index contributed by atoms with van der Waals surface area (Å²) in [6.45, 7) is 7.93. The first-order valence-electron chi connectivity index (χ1n) is 7.69. The number of nitrogens with zero attached hydrogens (tertiary/aromatic N) is 2. The van der Waals surface area contributed by atoms with Gasteiger partial charge in [-0.3, -0.25) is 4.90 Å². The second kappa shape index (κ2) is 7.73. The van der Waals surface area contributed by atoms with Gasteiger partial charge in [-0.15, -0.1) is 0 Å². The van der Waals surface area contributed by atoms with Gasteiger partial charge in [0.25, 0.3) is 0 Å². The highest BCUT2D eigenvalue weighted by molar-refractivity contribution is 5.31. The summed E-state index contributed by atoms with van der Waals surface area (Å²) < 4.78 is 18.9. The van der Waals surface area contributed by atoms with Crippen molar-refractivity contribution < 1.29 is 9.13 Å². The van der Waals surface area contributed by atoms with Crippen LogP contribution in [0.5, 0.6) is 5.75 Å². The van der Waals surface area contributed by atoms with E-state index in [1.807, 2.05) is 6.07 Å². The molecular weight excluding hydrogens is 269 g/mol. The number of ether oxygens (including phenoxy) is 1. The van der Waals surface area contributed by atoms with Crippen LogP contribution < -0.4 is 10.5 Å². The lowest BCUT2D eigenvalue weighted by Gasteiger charge is -2.39. The first-order chi connectivity index (χ1) is 10.2. The van der Waals surface area contributed by atoms with Gasteiger partial charge in [0.1, 0.15) is 0 Å². The van der Waals surface area contributed by atoms with E-state index in [9.17, 15) is 4.39 Å². The Morgan fingerprint density at radius 2 is 2.00 bits per heavy atom. The minimum Gasteiger partial charge on any atom is -0.494 e. The Morgan fingerprint density at radius 3 is 2.52 bits per heavy atom. The zero-order chi connectivity index (χ0) is 15.2. The van der Waals surface area contributed by atoms with Crippen LogP contribution in [0, 0.1) is 5.82 Å². The summed E-state index contributed by atoms with van der Waals surface area (Å²) in [6.07, 6.45) is 1.18. The van der Waals surface area contributed by atoms with Crippen LogP contribution in [-0.2, 0) is 0 Å². The third-order valence-electron chi connectivity index (χ3n) is 4.17. The molecule has 1 heterocycles. The molecule has 0 amide bonds. The van der Waals surface area contributed by atoms with E-state index < -0.39 is 0 Å². The van der Waals surface area contributed by atoms with Gasteiger partial charge >= 0.3 is 0 Å². The molecule has 4 nitrogen and oxygen atoms in total. The molecule has 0 saturated carbocycles. The Bertz CT molecular complexity index is 447. The molecule has 1 aromatic rings. The van der Waals surface area contributed by atoms with Crippen molar-refractivity contribution in [2.24, 2.45) is 5.73 Å². The van der Waals surface area contributed by atoms with E-state index in [2.05, 4.69) is 16.7 Å². The molecule has 1 aliphatic rings. The number of methoxy groups -OCH3 is 1. The summed E-state index contributed by atoms with van der Waals surface area (Å²) in [4.78, 5) is 4.83. The number of piperazine rings is 1. The lowest BCUT2D eigenvalue weighted by Crippen LogP contribution is -2.49. The standard InChI is InChI=1S/C16H26FN3O/c1-3-6-19-7-9-20(10-8-19)15(12-18)13-4-5-16(21-2)14(17)11-13/h4-5,11,15H,3,6-10,12,18H2,1-2H3. The van der Waals surface area contributed by atoms with Gasteiger partial charge in [-0.25, -0.2) is 4.39 Å². The van der Waals surface area contributed by atoms with Crippen molar-refractivity contribution >= 4 is 0 Å². The molecular formula is C16H26FN3O. The molecule has 1 unspecified atom stereocenters. The Labute approximate surface area is 126 Å². The van der Waals surface area contributed by atoms with Crippen molar-refractivity contribution in [1.82, 2.24) is 9.80 Å². The van der Waals surface area contributed by atoms with Gasteiger partial charge < -0.3 is 15.4 Å². The number of hydrogen-bond acceptors (Lipinski definition) is 4. The van der Waals surface area contributed by atoms with Crippen LogP contribution in [0.15, 0.2) is 18.2 Å². The fraction of sp³-hybridized carbons (Fsp3) is 0.625. The highest BCUT2D eigenvalue weighted by atomic mass is 19.1. The highest BCUT2D eigenvalue weighted by Crippen LogP contribution is 2.26. The van der Waals surface area contributed by atoms with E-state index in [1.54, 1.807) is 12.1 Å². The first-order valence-corrected chi connectivity index (χ1v) is 7.69. The van der Waals surface area contributed by atoms with Gasteiger partial charge in [0.05, 0.1) is 7.11 Å². The minimum atomic E-state index is -0.321. The highest BCUT2D eigenvalue weighted by Gasteiger charge is 2.24. The number of nitrogens with two attached hydrogens (primary N) is 1. The Kier molecular flexibility index (Phi) is 5.96. The van der Waals surface area contributed by atoms with Crippen molar-refractivity contribution in [3.63, 3.8) is 0 Å². The van der Waals surface area contributed by atoms with Crippen molar-refractivity contribution in [3.8, 4) is 5.75 Å². The molecule has 1 atom stereocenters. The van der Waals surface area contributed by atoms with Gasteiger partial charge in [0.2, 0.25) is 0 Å². The van der Waals surface area contributed by atoms with Crippen LogP contribution in [0.4, 0.5) is 4.39 Å². The smallest absolute Gasteiger partial charge is 0.165 e. The number of benzene rings is 1. The number of halogens is 1. The number of rotatable bonds is 6. The molecule has 1 fully saturated rings. The molecule has 1 aromatic carbocycles. The zero-order valence-electron chi connectivity index (χ0n) is 13.0. The van der Waals surface area contributed by atoms with Crippen molar-refractivity contribution in [3.05, 3.63) is 29.6 Å². The average molecular weight is 295 g/mol. The van der Waals surface area contributed by atoms with E-state index >= 15 is 0 Å². The molecule has 1 saturated heterocycles. The van der Waals surface area contributed by atoms with E-state index in [0.717, 1.165) is 38.3 Å². The summed E-state index contributed by atoms with van der Waals surface area (Å²) in [6, 6.07) is 5.22. The maximum absolute atomic E-state index is 13.9. The lowest BCUT2D eigenvalue weighted by molar-refractivity contribution is 0.0984. The Hall–Kier alpha value is -1.17. The quantitative estimate of drug-likeness (QED) is 0.870. The molecule has 0 aliphatic carbocycles. The summed E-state index contributed by atoms with van der Waals surface area (Å²) in [7, 11) is 1.48. The van der Waals surface area contributed by atoms with Gasteiger partial charge in [-0.05, 0) is 30.7 Å². The molecule has 5 heteroatoms. The molecule has 2 rings (SSSR count). The summed E-state index contributed by atoms with van der Waals surface area (Å²) in [5.74, 6) is -0.0413. The second-order valence-corrected chi connectivity index (χ2v) is 5.52. The molecule has 21 heavy (non-hydrogen) atoms. The SMILES string of the molecule is CCCN1CCN(C(CN)c2ccc(OC)c(F)c2)CC1. The first kappa shape index (κ1) is 16.2. The lowest BCUT2D eigenvalue weighted by atomic mass is 10.0. The van der Waals surface area contributed by atoms with E-state index in [1.165, 1.54) is 13.5 Å². The Balaban J connectivity index is 2.05. The van der Waals surface area contributed by atoms with Crippen molar-refractivity contribution in [2.45, 2.75) is 19.4 Å². The van der Waals surface area contributed by atoms with Crippen LogP contribution in [0.2, 0.25) is 0 Å². The van der Waals surface area contributed by atoms with Gasteiger partial charge in [0.15, 0.2) is 11.6 Å². The molecule has 2 N–H and O–H groups in total. The summed E-state index contributed by atoms with van der Waals surface area (Å²) >= 11 is 0. The van der Waals surface area contributed by atoms with Crippen molar-refractivity contribution in [2.75, 3.05) is 46.4 Å². The fourth-order valence-electron chi connectivity index (χ4n) is 3.00. The Morgan fingerprint density at radius 1 is 1.29 bits per heavy atom. The molecule has 0 bridgehead atoms. The largest absolute Gasteiger partial charge is 0.494 e. The van der Waals surface area contributed by atoms with Crippen LogP contribution in [-0.4, -0.2) is 56.2 Å². The van der Waals surface area contributed by atoms with Gasteiger partial charge in [0, 0.05) is 38.8 Å². The van der Waals surface area contributed by atoms with Gasteiger partial charge in [-0.2, -0.15) is 0 Å². The average Bonchev–Trinajstić information content (AvgIpc) is 2.50. The van der Waals surface area contributed by atoms with Crippen LogP contribution in [0.1, 0.15) is 24.9 Å². The van der Waals surface area contributed by atoms with Gasteiger partial charge in [-0.1, -0.05) is 13.0 Å². The molecule has 1 aliphatic heterocycles. The molecule has 0 spiro atoms. The molecule has 118 valence electrons. The van der Waals surface area contributed by atoms with Crippen LogP contribution in [0.3, 0.4) is 0 Å². The fourth-order valence-corrected chi connectivity index (χ4v) is 3.00. The molecule has 0 radical (unpaired) electrons. The zero-order valence-corrected chi connectivity index (χ0v) is 13.0. The third-order valence-corrected chi connectivity index (χ3v) is 4.17. The van der Waals surface area contributed by atoms with E-state index in [4.69, 9.17) is 10.5 Å². The maximum atomic E-state index is 13.9. The topological polar surface area (TPSA) is 41.7 Å². The normalized spacial score (nSPS) is 18.7.